The first-order chi connectivity index (χ1) is 20.2. The van der Waals surface area contributed by atoms with Crippen molar-refractivity contribution in [2.75, 3.05) is 42.9 Å². The summed E-state index contributed by atoms with van der Waals surface area (Å²) in [7, 11) is 0. The smallest absolute Gasteiger partial charge is 0.319 e. The maximum absolute atomic E-state index is 13.4. The van der Waals surface area contributed by atoms with Crippen LogP contribution in [0, 0.1) is 6.92 Å². The maximum atomic E-state index is 13.4. The molecule has 4 amide bonds. The number of carbonyl (C=O) groups is 4. The van der Waals surface area contributed by atoms with Crippen molar-refractivity contribution in [2.24, 2.45) is 0 Å². The van der Waals surface area contributed by atoms with Crippen molar-refractivity contribution in [2.45, 2.75) is 39.2 Å². The molecule has 10 nitrogen and oxygen atoms in total. The van der Waals surface area contributed by atoms with E-state index in [2.05, 4.69) is 20.9 Å². The van der Waals surface area contributed by atoms with Gasteiger partial charge in [-0.05, 0) is 55.0 Å². The van der Waals surface area contributed by atoms with Crippen LogP contribution in [0.2, 0.25) is 0 Å². The molecule has 1 aliphatic rings. The Morgan fingerprint density at radius 2 is 1.79 bits per heavy atom. The van der Waals surface area contributed by atoms with E-state index in [0.717, 1.165) is 24.1 Å². The summed E-state index contributed by atoms with van der Waals surface area (Å²) in [4.78, 5) is 55.2. The second kappa shape index (κ2) is 14.5. The molecule has 0 aliphatic carbocycles. The number of carbonyl (C=O) groups excluding carboxylic acids is 3. The van der Waals surface area contributed by atoms with Gasteiger partial charge >= 0.3 is 12.0 Å². The zero-order chi connectivity index (χ0) is 30.1. The highest BCUT2D eigenvalue weighted by Gasteiger charge is 2.24. The number of rotatable bonds is 10. The fraction of sp³-hybridized carbons (Fsp3) is 0.355. The normalized spacial score (nSPS) is 14.0. The molecule has 1 aromatic heterocycles. The number of nitrogens with zero attached hydrogens (tertiary/aromatic N) is 2. The van der Waals surface area contributed by atoms with Crippen LogP contribution in [0.25, 0.3) is 0 Å². The van der Waals surface area contributed by atoms with Crippen LogP contribution in [0.1, 0.15) is 63.4 Å². The van der Waals surface area contributed by atoms with Crippen LogP contribution in [-0.4, -0.2) is 66.5 Å². The van der Waals surface area contributed by atoms with E-state index in [1.807, 2.05) is 60.5 Å². The van der Waals surface area contributed by atoms with Gasteiger partial charge in [-0.15, -0.1) is 11.3 Å². The van der Waals surface area contributed by atoms with E-state index in [4.69, 9.17) is 0 Å². The average Bonchev–Trinajstić information content (AvgIpc) is 3.40. The molecule has 222 valence electrons. The molecule has 4 N–H and O–H groups in total. The molecule has 2 heterocycles. The second-order valence-corrected chi connectivity index (χ2v) is 11.2. The molecule has 1 aliphatic heterocycles. The molecule has 0 saturated carbocycles. The number of nitrogens with one attached hydrogen (secondary N) is 3. The number of hydrogen-bond acceptors (Lipinski definition) is 6. The second-order valence-electron chi connectivity index (χ2n) is 10.3. The van der Waals surface area contributed by atoms with Crippen LogP contribution < -0.4 is 20.9 Å². The summed E-state index contributed by atoms with van der Waals surface area (Å²) in [5.41, 5.74) is 3.20. The number of carboxylic acids is 1. The molecule has 0 bridgehead atoms. The van der Waals surface area contributed by atoms with Gasteiger partial charge in [0.05, 0.1) is 28.7 Å². The molecule has 11 heteroatoms. The summed E-state index contributed by atoms with van der Waals surface area (Å²) >= 11 is 1.43. The Morgan fingerprint density at radius 3 is 2.48 bits per heavy atom. The third kappa shape index (κ3) is 8.10. The van der Waals surface area contributed by atoms with Crippen molar-refractivity contribution in [1.82, 2.24) is 15.5 Å². The topological polar surface area (TPSA) is 131 Å². The number of amides is 4. The Bertz CT molecular complexity index is 1390. The predicted octanol–water partition coefficient (Wildman–Crippen LogP) is 4.89. The van der Waals surface area contributed by atoms with E-state index < -0.39 is 17.9 Å². The fourth-order valence-electron chi connectivity index (χ4n) is 4.84. The molecular formula is C31H37N5O5S. The highest BCUT2D eigenvalue weighted by Crippen LogP contribution is 2.29. The van der Waals surface area contributed by atoms with E-state index in [0.29, 0.717) is 48.9 Å². The molecule has 1 fully saturated rings. The highest BCUT2D eigenvalue weighted by molar-refractivity contribution is 7.12. The fourth-order valence-corrected chi connectivity index (χ4v) is 5.53. The number of benzene rings is 2. The lowest BCUT2D eigenvalue weighted by atomic mass is 10.0. The first kappa shape index (κ1) is 30.6. The Morgan fingerprint density at radius 1 is 1.00 bits per heavy atom. The summed E-state index contributed by atoms with van der Waals surface area (Å²) in [6.07, 6.45) is 1.24. The quantitative estimate of drug-likeness (QED) is 0.266. The minimum Gasteiger partial charge on any atom is -0.481 e. The van der Waals surface area contributed by atoms with Gasteiger partial charge in [-0.25, -0.2) is 4.79 Å². The van der Waals surface area contributed by atoms with Crippen molar-refractivity contribution in [3.8, 4) is 0 Å². The maximum Gasteiger partial charge on any atom is 0.319 e. The largest absolute Gasteiger partial charge is 0.481 e. The van der Waals surface area contributed by atoms with E-state index in [1.54, 1.807) is 18.2 Å². The number of urea groups is 1. The van der Waals surface area contributed by atoms with E-state index in [9.17, 15) is 24.3 Å². The summed E-state index contributed by atoms with van der Waals surface area (Å²) in [5.74, 6) is -1.46. The van der Waals surface area contributed by atoms with Gasteiger partial charge in [0.2, 0.25) is 0 Å². The van der Waals surface area contributed by atoms with E-state index in [1.165, 1.54) is 11.3 Å². The molecule has 1 saturated heterocycles. The zero-order valence-corrected chi connectivity index (χ0v) is 24.7. The van der Waals surface area contributed by atoms with Crippen LogP contribution in [0.15, 0.2) is 60.0 Å². The first-order valence-electron chi connectivity index (χ1n) is 14.1. The lowest BCUT2D eigenvalue weighted by molar-refractivity contribution is -0.137. The van der Waals surface area contributed by atoms with Crippen LogP contribution in [0.4, 0.5) is 16.2 Å². The van der Waals surface area contributed by atoms with Crippen molar-refractivity contribution in [3.63, 3.8) is 0 Å². The summed E-state index contributed by atoms with van der Waals surface area (Å²) < 4.78 is 0. The predicted molar refractivity (Wildman–Crippen MR) is 164 cm³/mol. The van der Waals surface area contributed by atoms with Gasteiger partial charge in [0.1, 0.15) is 0 Å². The van der Waals surface area contributed by atoms with Crippen molar-refractivity contribution in [1.29, 1.82) is 0 Å². The minimum atomic E-state index is -1.03. The third-order valence-corrected chi connectivity index (χ3v) is 7.92. The van der Waals surface area contributed by atoms with Crippen LogP contribution in [0.5, 0.6) is 0 Å². The molecule has 1 unspecified atom stereocenters. The molecule has 1 atom stereocenters. The van der Waals surface area contributed by atoms with Gasteiger partial charge < -0.3 is 30.9 Å². The SMILES string of the molecule is CCCNC(=O)Nc1cc(C(=O)NC(CC(=O)O)c2ccc(C)cc2)ccc1N1CCCN(C(=O)c2cccs2)CC1. The number of carboxylic acid groups (broad SMARTS) is 1. The molecular weight excluding hydrogens is 554 g/mol. The van der Waals surface area contributed by atoms with E-state index in [-0.39, 0.29) is 23.9 Å². The highest BCUT2D eigenvalue weighted by atomic mass is 32.1. The van der Waals surface area contributed by atoms with Crippen molar-refractivity contribution in [3.05, 3.63) is 81.5 Å². The van der Waals surface area contributed by atoms with Gasteiger partial charge in [0, 0.05) is 38.3 Å². The lowest BCUT2D eigenvalue weighted by Gasteiger charge is -2.26. The van der Waals surface area contributed by atoms with Crippen LogP contribution in [0.3, 0.4) is 0 Å². The molecule has 4 rings (SSSR count). The standard InChI is InChI=1S/C31H37N5O5S/c1-3-13-32-31(41)34-25-19-23(29(39)33-24(20-28(37)38)22-9-7-21(2)8-10-22)11-12-26(25)35-14-5-15-36(17-16-35)30(40)27-6-4-18-42-27/h4,6-12,18-19,24H,3,5,13-17,20H2,1-2H3,(H,33,39)(H,37,38)(H2,32,34,41). The molecule has 0 radical (unpaired) electrons. The van der Waals surface area contributed by atoms with Crippen molar-refractivity contribution >= 4 is 46.5 Å². The number of aliphatic carboxylic acids is 1. The molecule has 0 spiro atoms. The van der Waals surface area contributed by atoms with Gasteiger partial charge in [-0.2, -0.15) is 0 Å². The monoisotopic (exact) mass is 591 g/mol. The average molecular weight is 592 g/mol. The number of hydrogen-bond donors (Lipinski definition) is 4. The van der Waals surface area contributed by atoms with Gasteiger partial charge in [-0.3, -0.25) is 14.4 Å². The molecule has 2 aromatic carbocycles. The van der Waals surface area contributed by atoms with Crippen LogP contribution in [-0.2, 0) is 4.79 Å². The van der Waals surface area contributed by atoms with Gasteiger partial charge in [0.25, 0.3) is 11.8 Å². The Balaban J connectivity index is 1.56. The summed E-state index contributed by atoms with van der Waals surface area (Å²) in [6.45, 7) is 6.76. The van der Waals surface area contributed by atoms with Crippen molar-refractivity contribution < 1.29 is 24.3 Å². The van der Waals surface area contributed by atoms with Crippen LogP contribution >= 0.6 is 11.3 Å². The summed E-state index contributed by atoms with van der Waals surface area (Å²) in [6, 6.07) is 15.0. The lowest BCUT2D eigenvalue weighted by Crippen LogP contribution is -2.35. The zero-order valence-electron chi connectivity index (χ0n) is 23.9. The Kier molecular flexibility index (Phi) is 10.6. The number of aryl methyl sites for hydroxylation is 1. The number of anilines is 2. The Labute approximate surface area is 249 Å². The molecule has 3 aromatic rings. The first-order valence-corrected chi connectivity index (χ1v) is 15.0. The summed E-state index contributed by atoms with van der Waals surface area (Å²) in [5, 5.41) is 19.9. The van der Waals surface area contributed by atoms with Gasteiger partial charge in [0.15, 0.2) is 0 Å². The Hall–Kier alpha value is -4.38. The number of thiophene rings is 1. The third-order valence-electron chi connectivity index (χ3n) is 7.06. The minimum absolute atomic E-state index is 0.0145. The van der Waals surface area contributed by atoms with Gasteiger partial charge in [-0.1, -0.05) is 42.8 Å². The molecule has 42 heavy (non-hydrogen) atoms. The van der Waals surface area contributed by atoms with E-state index >= 15 is 0 Å².